The van der Waals surface area contributed by atoms with E-state index in [1.165, 1.54) is 10.8 Å². The van der Waals surface area contributed by atoms with Gasteiger partial charge < -0.3 is 10.5 Å². The molecule has 2 rings (SSSR count). The number of nitrogens with zero attached hydrogens (tertiary/aromatic N) is 1. The van der Waals surface area contributed by atoms with E-state index < -0.39 is 0 Å². The van der Waals surface area contributed by atoms with Crippen molar-refractivity contribution < 1.29 is 4.74 Å². The fourth-order valence-corrected chi connectivity index (χ4v) is 1.85. The molecule has 0 heterocycles. The number of benzene rings is 2. The number of methoxy groups -OCH3 is 1. The Morgan fingerprint density at radius 3 is 2.35 bits per heavy atom. The van der Waals surface area contributed by atoms with Gasteiger partial charge >= 0.3 is 0 Å². The molecule has 0 aliphatic rings. The van der Waals surface area contributed by atoms with E-state index in [9.17, 15) is 0 Å². The summed E-state index contributed by atoms with van der Waals surface area (Å²) in [4.78, 5) is 1.99. The van der Waals surface area contributed by atoms with E-state index in [0.29, 0.717) is 0 Å². The molecule has 2 aromatic carbocycles. The van der Waals surface area contributed by atoms with Crippen LogP contribution in [0.3, 0.4) is 0 Å². The second-order valence-electron chi connectivity index (χ2n) is 4.38. The first-order valence-corrected chi connectivity index (χ1v) is 5.61. The Labute approximate surface area is 102 Å². The standard InChI is InChI=1S/C14H18N2O/c1-16(2)14(15)12-5-4-11-9-13(17-3)7-6-10(11)8-12/h4-9,14H,15H2,1-3H3. The third kappa shape index (κ3) is 2.40. The van der Waals surface area contributed by atoms with Gasteiger partial charge in [0.1, 0.15) is 5.75 Å². The first-order valence-electron chi connectivity index (χ1n) is 5.61. The lowest BCUT2D eigenvalue weighted by Crippen LogP contribution is -2.27. The molecule has 0 saturated heterocycles. The van der Waals surface area contributed by atoms with Crippen molar-refractivity contribution in [3.05, 3.63) is 42.0 Å². The molecule has 90 valence electrons. The molecule has 0 aliphatic heterocycles. The predicted octanol–water partition coefficient (Wildman–Crippen LogP) is 2.37. The maximum Gasteiger partial charge on any atom is 0.119 e. The Kier molecular flexibility index (Phi) is 3.31. The second kappa shape index (κ2) is 4.73. The summed E-state index contributed by atoms with van der Waals surface area (Å²) in [5.41, 5.74) is 7.20. The van der Waals surface area contributed by atoms with Crippen LogP contribution < -0.4 is 10.5 Å². The van der Waals surface area contributed by atoms with Crippen LogP contribution in [-0.4, -0.2) is 26.1 Å². The minimum absolute atomic E-state index is 0.0681. The van der Waals surface area contributed by atoms with Crippen molar-refractivity contribution in [3.8, 4) is 5.75 Å². The number of rotatable bonds is 3. The minimum atomic E-state index is -0.0681. The molecule has 1 atom stereocenters. The van der Waals surface area contributed by atoms with E-state index in [1.807, 2.05) is 31.1 Å². The molecule has 0 saturated carbocycles. The van der Waals surface area contributed by atoms with Crippen LogP contribution in [0.1, 0.15) is 11.7 Å². The van der Waals surface area contributed by atoms with Crippen molar-refractivity contribution in [2.75, 3.05) is 21.2 Å². The van der Waals surface area contributed by atoms with Gasteiger partial charge in [-0.1, -0.05) is 18.2 Å². The molecule has 0 bridgehead atoms. The highest BCUT2D eigenvalue weighted by atomic mass is 16.5. The highest BCUT2D eigenvalue weighted by molar-refractivity contribution is 5.84. The Morgan fingerprint density at radius 2 is 1.71 bits per heavy atom. The fraction of sp³-hybridized carbons (Fsp3) is 0.286. The van der Waals surface area contributed by atoms with Crippen LogP contribution >= 0.6 is 0 Å². The minimum Gasteiger partial charge on any atom is -0.497 e. The maximum atomic E-state index is 6.09. The quantitative estimate of drug-likeness (QED) is 0.823. The van der Waals surface area contributed by atoms with Gasteiger partial charge in [-0.15, -0.1) is 0 Å². The molecule has 0 amide bonds. The molecule has 2 aromatic rings. The van der Waals surface area contributed by atoms with Gasteiger partial charge in [0.25, 0.3) is 0 Å². The van der Waals surface area contributed by atoms with Crippen molar-refractivity contribution in [3.63, 3.8) is 0 Å². The highest BCUT2D eigenvalue weighted by Gasteiger charge is 2.08. The van der Waals surface area contributed by atoms with Crippen LogP contribution in [0.15, 0.2) is 36.4 Å². The summed E-state index contributed by atoms with van der Waals surface area (Å²) in [7, 11) is 5.63. The van der Waals surface area contributed by atoms with Gasteiger partial charge in [-0.2, -0.15) is 0 Å². The van der Waals surface area contributed by atoms with E-state index in [4.69, 9.17) is 10.5 Å². The average Bonchev–Trinajstić information content (AvgIpc) is 2.36. The summed E-state index contributed by atoms with van der Waals surface area (Å²) in [6, 6.07) is 12.3. The van der Waals surface area contributed by atoms with Gasteiger partial charge in [-0.3, -0.25) is 4.90 Å². The summed E-state index contributed by atoms with van der Waals surface area (Å²) in [6.07, 6.45) is -0.0681. The average molecular weight is 230 g/mol. The van der Waals surface area contributed by atoms with Gasteiger partial charge in [0.05, 0.1) is 13.3 Å². The van der Waals surface area contributed by atoms with Crippen molar-refractivity contribution in [2.45, 2.75) is 6.17 Å². The highest BCUT2D eigenvalue weighted by Crippen LogP contribution is 2.24. The smallest absolute Gasteiger partial charge is 0.119 e. The predicted molar refractivity (Wildman–Crippen MR) is 71.1 cm³/mol. The molecule has 0 radical (unpaired) electrons. The largest absolute Gasteiger partial charge is 0.497 e. The summed E-state index contributed by atoms with van der Waals surface area (Å²) in [5, 5.41) is 2.35. The molecular formula is C14H18N2O. The van der Waals surface area contributed by atoms with E-state index in [-0.39, 0.29) is 6.17 Å². The second-order valence-corrected chi connectivity index (χ2v) is 4.38. The van der Waals surface area contributed by atoms with Gasteiger partial charge in [-0.05, 0) is 48.6 Å². The number of ether oxygens (including phenoxy) is 1. The van der Waals surface area contributed by atoms with Gasteiger partial charge in [0, 0.05) is 0 Å². The normalized spacial score (nSPS) is 13.0. The zero-order valence-electron chi connectivity index (χ0n) is 10.5. The maximum absolute atomic E-state index is 6.09. The van der Waals surface area contributed by atoms with Gasteiger partial charge in [-0.25, -0.2) is 0 Å². The van der Waals surface area contributed by atoms with Crippen LogP contribution in [0.2, 0.25) is 0 Å². The molecule has 17 heavy (non-hydrogen) atoms. The zero-order valence-corrected chi connectivity index (χ0v) is 10.5. The van der Waals surface area contributed by atoms with Gasteiger partial charge in [0.15, 0.2) is 0 Å². The van der Waals surface area contributed by atoms with Crippen molar-refractivity contribution >= 4 is 10.8 Å². The van der Waals surface area contributed by atoms with Crippen LogP contribution in [0.5, 0.6) is 5.75 Å². The number of fused-ring (bicyclic) bond motifs is 1. The van der Waals surface area contributed by atoms with E-state index in [1.54, 1.807) is 7.11 Å². The lowest BCUT2D eigenvalue weighted by atomic mass is 10.0. The van der Waals surface area contributed by atoms with Gasteiger partial charge in [0.2, 0.25) is 0 Å². The lowest BCUT2D eigenvalue weighted by molar-refractivity contribution is 0.307. The summed E-state index contributed by atoms with van der Waals surface area (Å²) >= 11 is 0. The number of hydrogen-bond acceptors (Lipinski definition) is 3. The van der Waals surface area contributed by atoms with Crippen molar-refractivity contribution in [1.29, 1.82) is 0 Å². The van der Waals surface area contributed by atoms with E-state index in [0.717, 1.165) is 11.3 Å². The van der Waals surface area contributed by atoms with E-state index >= 15 is 0 Å². The molecule has 0 fully saturated rings. The molecule has 2 N–H and O–H groups in total. The molecule has 3 heteroatoms. The SMILES string of the molecule is COc1ccc2cc(C(N)N(C)C)ccc2c1. The molecule has 0 aromatic heterocycles. The molecule has 3 nitrogen and oxygen atoms in total. The third-order valence-electron chi connectivity index (χ3n) is 2.97. The first kappa shape index (κ1) is 11.9. The van der Waals surface area contributed by atoms with Crippen LogP contribution in [0.25, 0.3) is 10.8 Å². The Morgan fingerprint density at radius 1 is 1.06 bits per heavy atom. The summed E-state index contributed by atoms with van der Waals surface area (Å²) in [5.74, 6) is 0.877. The third-order valence-corrected chi connectivity index (χ3v) is 2.97. The number of nitrogens with two attached hydrogens (primary N) is 1. The lowest BCUT2D eigenvalue weighted by Gasteiger charge is -2.20. The first-order chi connectivity index (χ1) is 8.11. The molecular weight excluding hydrogens is 212 g/mol. The molecule has 0 spiro atoms. The van der Waals surface area contributed by atoms with Crippen LogP contribution in [0, 0.1) is 0 Å². The summed E-state index contributed by atoms with van der Waals surface area (Å²) in [6.45, 7) is 0. The van der Waals surface area contributed by atoms with Crippen molar-refractivity contribution in [1.82, 2.24) is 4.90 Å². The topological polar surface area (TPSA) is 38.5 Å². The fourth-order valence-electron chi connectivity index (χ4n) is 1.85. The Balaban J connectivity index is 2.44. The molecule has 1 unspecified atom stereocenters. The molecule has 0 aliphatic carbocycles. The van der Waals surface area contributed by atoms with Crippen LogP contribution in [-0.2, 0) is 0 Å². The van der Waals surface area contributed by atoms with E-state index in [2.05, 4.69) is 24.3 Å². The van der Waals surface area contributed by atoms with Crippen LogP contribution in [0.4, 0.5) is 0 Å². The Bertz CT molecular complexity index is 523. The monoisotopic (exact) mass is 230 g/mol. The number of hydrogen-bond donors (Lipinski definition) is 1. The Hall–Kier alpha value is -1.58. The zero-order chi connectivity index (χ0) is 12.4. The van der Waals surface area contributed by atoms with Crippen molar-refractivity contribution in [2.24, 2.45) is 5.73 Å². The summed E-state index contributed by atoms with van der Waals surface area (Å²) < 4.78 is 5.21.